The van der Waals surface area contributed by atoms with E-state index < -0.39 is 12.0 Å². The van der Waals surface area contributed by atoms with Gasteiger partial charge in [-0.1, -0.05) is 13.3 Å². The molecule has 2 amide bonds. The van der Waals surface area contributed by atoms with Gasteiger partial charge in [0.25, 0.3) is 0 Å². The SMILES string of the molecule is CCC[C@@H](NC(=O)N1CCOCC1C)C(=O)O. The van der Waals surface area contributed by atoms with E-state index in [1.165, 1.54) is 0 Å². The second kappa shape index (κ2) is 6.44. The molecule has 1 rings (SSSR count). The largest absolute Gasteiger partial charge is 0.480 e. The van der Waals surface area contributed by atoms with E-state index >= 15 is 0 Å². The van der Waals surface area contributed by atoms with Crippen LogP contribution in [0.25, 0.3) is 0 Å². The highest BCUT2D eigenvalue weighted by Gasteiger charge is 2.27. The van der Waals surface area contributed by atoms with E-state index in [-0.39, 0.29) is 12.1 Å². The summed E-state index contributed by atoms with van der Waals surface area (Å²) < 4.78 is 5.22. The number of nitrogens with zero attached hydrogens (tertiary/aromatic N) is 1. The molecule has 0 aromatic carbocycles. The van der Waals surface area contributed by atoms with E-state index in [1.807, 2.05) is 13.8 Å². The van der Waals surface area contributed by atoms with Gasteiger partial charge >= 0.3 is 12.0 Å². The van der Waals surface area contributed by atoms with Crippen molar-refractivity contribution in [1.29, 1.82) is 0 Å². The van der Waals surface area contributed by atoms with Crippen LogP contribution < -0.4 is 5.32 Å². The van der Waals surface area contributed by atoms with Crippen molar-refractivity contribution in [3.8, 4) is 0 Å². The van der Waals surface area contributed by atoms with Crippen molar-refractivity contribution in [2.45, 2.75) is 38.8 Å². The van der Waals surface area contributed by atoms with Crippen molar-refractivity contribution in [1.82, 2.24) is 10.2 Å². The number of carboxylic acids is 1. The average Bonchev–Trinajstić information content (AvgIpc) is 2.28. The molecular weight excluding hydrogens is 224 g/mol. The molecule has 0 saturated carbocycles. The molecule has 0 aliphatic carbocycles. The van der Waals surface area contributed by atoms with E-state index in [2.05, 4.69) is 5.32 Å². The number of carbonyl (C=O) groups excluding carboxylic acids is 1. The van der Waals surface area contributed by atoms with Crippen molar-refractivity contribution < 1.29 is 19.4 Å². The topological polar surface area (TPSA) is 78.9 Å². The summed E-state index contributed by atoms with van der Waals surface area (Å²) in [7, 11) is 0. The van der Waals surface area contributed by atoms with Gasteiger partial charge in [0.15, 0.2) is 0 Å². The summed E-state index contributed by atoms with van der Waals surface area (Å²) in [5.41, 5.74) is 0. The molecule has 0 aromatic heterocycles. The highest BCUT2D eigenvalue weighted by atomic mass is 16.5. The molecule has 1 heterocycles. The lowest BCUT2D eigenvalue weighted by Gasteiger charge is -2.34. The van der Waals surface area contributed by atoms with Crippen LogP contribution in [-0.2, 0) is 9.53 Å². The van der Waals surface area contributed by atoms with Crippen LogP contribution in [0, 0.1) is 0 Å². The van der Waals surface area contributed by atoms with Crippen LogP contribution >= 0.6 is 0 Å². The monoisotopic (exact) mass is 244 g/mol. The first kappa shape index (κ1) is 13.8. The standard InChI is InChI=1S/C11H20N2O4/c1-3-4-9(10(14)15)12-11(16)13-5-6-17-7-8(13)2/h8-9H,3-7H2,1-2H3,(H,12,16)(H,14,15)/t8?,9-/m1/s1. The average molecular weight is 244 g/mol. The molecule has 1 saturated heterocycles. The Morgan fingerprint density at radius 2 is 2.29 bits per heavy atom. The summed E-state index contributed by atoms with van der Waals surface area (Å²) in [6, 6.07) is -1.14. The van der Waals surface area contributed by atoms with E-state index in [1.54, 1.807) is 4.90 Å². The minimum atomic E-state index is -0.985. The van der Waals surface area contributed by atoms with Gasteiger partial charge in [0.2, 0.25) is 0 Å². The van der Waals surface area contributed by atoms with Gasteiger partial charge in [-0.05, 0) is 13.3 Å². The van der Waals surface area contributed by atoms with Crippen LogP contribution in [0.5, 0.6) is 0 Å². The highest BCUT2D eigenvalue weighted by molar-refractivity contribution is 5.82. The Kier molecular flexibility index (Phi) is 5.21. The highest BCUT2D eigenvalue weighted by Crippen LogP contribution is 2.07. The summed E-state index contributed by atoms with van der Waals surface area (Å²) >= 11 is 0. The molecule has 1 aliphatic rings. The number of hydrogen-bond donors (Lipinski definition) is 2. The number of amides is 2. The molecule has 1 aliphatic heterocycles. The smallest absolute Gasteiger partial charge is 0.326 e. The van der Waals surface area contributed by atoms with Crippen molar-refractivity contribution in [3.63, 3.8) is 0 Å². The van der Waals surface area contributed by atoms with E-state index in [4.69, 9.17) is 9.84 Å². The molecule has 98 valence electrons. The molecule has 0 bridgehead atoms. The number of rotatable bonds is 4. The normalized spacial score (nSPS) is 22.0. The third-order valence-corrected chi connectivity index (χ3v) is 2.80. The zero-order valence-corrected chi connectivity index (χ0v) is 10.3. The van der Waals surface area contributed by atoms with Gasteiger partial charge in [0.05, 0.1) is 19.3 Å². The van der Waals surface area contributed by atoms with E-state index in [9.17, 15) is 9.59 Å². The Labute approximate surface area is 101 Å². The third-order valence-electron chi connectivity index (χ3n) is 2.80. The first-order valence-corrected chi connectivity index (χ1v) is 5.94. The quantitative estimate of drug-likeness (QED) is 0.762. The van der Waals surface area contributed by atoms with Gasteiger partial charge in [-0.25, -0.2) is 9.59 Å². The maximum atomic E-state index is 11.9. The van der Waals surface area contributed by atoms with Crippen LogP contribution in [-0.4, -0.2) is 53.8 Å². The number of morpholine rings is 1. The minimum Gasteiger partial charge on any atom is -0.480 e. The summed E-state index contributed by atoms with van der Waals surface area (Å²) in [5.74, 6) is -0.985. The van der Waals surface area contributed by atoms with Gasteiger partial charge < -0.3 is 20.1 Å². The van der Waals surface area contributed by atoms with Crippen LogP contribution in [0.3, 0.4) is 0 Å². The first-order chi connectivity index (χ1) is 8.06. The Bertz CT molecular complexity index is 283. The molecule has 2 atom stereocenters. The summed E-state index contributed by atoms with van der Waals surface area (Å²) in [4.78, 5) is 24.4. The molecule has 0 radical (unpaired) electrons. The molecule has 1 fully saturated rings. The lowest BCUT2D eigenvalue weighted by atomic mass is 10.1. The molecule has 17 heavy (non-hydrogen) atoms. The third kappa shape index (κ3) is 3.89. The van der Waals surface area contributed by atoms with Gasteiger partial charge in [-0.2, -0.15) is 0 Å². The van der Waals surface area contributed by atoms with Crippen LogP contribution in [0.4, 0.5) is 4.79 Å². The summed E-state index contributed by atoms with van der Waals surface area (Å²) in [6.07, 6.45) is 1.16. The zero-order chi connectivity index (χ0) is 12.8. The Morgan fingerprint density at radius 3 is 2.82 bits per heavy atom. The maximum Gasteiger partial charge on any atom is 0.326 e. The maximum absolute atomic E-state index is 11.9. The number of hydrogen-bond acceptors (Lipinski definition) is 3. The molecule has 0 aromatic rings. The molecule has 6 nitrogen and oxygen atoms in total. The molecule has 2 N–H and O–H groups in total. The number of carbonyl (C=O) groups is 2. The van der Waals surface area contributed by atoms with Gasteiger partial charge in [-0.15, -0.1) is 0 Å². The fourth-order valence-corrected chi connectivity index (χ4v) is 1.81. The number of carboxylic acid groups (broad SMARTS) is 1. The summed E-state index contributed by atoms with van der Waals surface area (Å²) in [6.45, 7) is 5.28. The van der Waals surface area contributed by atoms with Gasteiger partial charge in [0, 0.05) is 6.54 Å². The second-order valence-corrected chi connectivity index (χ2v) is 4.25. The van der Waals surface area contributed by atoms with E-state index in [0.717, 1.165) is 6.42 Å². The van der Waals surface area contributed by atoms with Crippen LogP contribution in [0.2, 0.25) is 0 Å². The number of ether oxygens (including phenoxy) is 1. The molecule has 6 heteroatoms. The minimum absolute atomic E-state index is 0.0141. The number of urea groups is 1. The van der Waals surface area contributed by atoms with E-state index in [0.29, 0.717) is 26.2 Å². The molecule has 1 unspecified atom stereocenters. The fraction of sp³-hybridized carbons (Fsp3) is 0.818. The first-order valence-electron chi connectivity index (χ1n) is 5.94. The number of aliphatic carboxylic acids is 1. The molecular formula is C11H20N2O4. The van der Waals surface area contributed by atoms with Gasteiger partial charge in [0.1, 0.15) is 6.04 Å². The lowest BCUT2D eigenvalue weighted by Crippen LogP contribution is -2.54. The van der Waals surface area contributed by atoms with Crippen LogP contribution in [0.1, 0.15) is 26.7 Å². The predicted octanol–water partition coefficient (Wildman–Crippen LogP) is 0.670. The van der Waals surface area contributed by atoms with Crippen molar-refractivity contribution in [2.24, 2.45) is 0 Å². The lowest BCUT2D eigenvalue weighted by molar-refractivity contribution is -0.139. The number of nitrogens with one attached hydrogen (secondary N) is 1. The Morgan fingerprint density at radius 1 is 1.59 bits per heavy atom. The van der Waals surface area contributed by atoms with Crippen molar-refractivity contribution >= 4 is 12.0 Å². The fourth-order valence-electron chi connectivity index (χ4n) is 1.81. The van der Waals surface area contributed by atoms with Crippen LogP contribution in [0.15, 0.2) is 0 Å². The summed E-state index contributed by atoms with van der Waals surface area (Å²) in [5, 5.41) is 11.5. The zero-order valence-electron chi connectivity index (χ0n) is 10.3. The second-order valence-electron chi connectivity index (χ2n) is 4.25. The molecule has 0 spiro atoms. The van der Waals surface area contributed by atoms with Crippen molar-refractivity contribution in [3.05, 3.63) is 0 Å². The predicted molar refractivity (Wildman–Crippen MR) is 61.9 cm³/mol. The van der Waals surface area contributed by atoms with Crippen molar-refractivity contribution in [2.75, 3.05) is 19.8 Å². The van der Waals surface area contributed by atoms with Gasteiger partial charge in [-0.3, -0.25) is 0 Å². The Balaban J connectivity index is 2.53. The Hall–Kier alpha value is -1.30.